The van der Waals surface area contributed by atoms with E-state index < -0.39 is 0 Å². The lowest BCUT2D eigenvalue weighted by Gasteiger charge is -2.37. The summed E-state index contributed by atoms with van der Waals surface area (Å²) < 4.78 is 11.3. The molecule has 2 atom stereocenters. The smallest absolute Gasteiger partial charge is 0.229 e. The third-order valence-electron chi connectivity index (χ3n) is 6.80. The van der Waals surface area contributed by atoms with Crippen molar-refractivity contribution in [3.05, 3.63) is 41.5 Å². The minimum atomic E-state index is 0.208. The van der Waals surface area contributed by atoms with E-state index in [1.807, 2.05) is 6.21 Å². The maximum Gasteiger partial charge on any atom is 0.229 e. The fourth-order valence-corrected chi connectivity index (χ4v) is 4.85. The lowest BCUT2D eigenvalue weighted by molar-refractivity contribution is 0.0973. The summed E-state index contributed by atoms with van der Waals surface area (Å²) in [5, 5.41) is 5.11. The average molecular weight is 460 g/mol. The zero-order valence-corrected chi connectivity index (χ0v) is 19.6. The highest BCUT2D eigenvalue weighted by atomic mass is 16.5. The minimum absolute atomic E-state index is 0.208. The van der Waals surface area contributed by atoms with Gasteiger partial charge in [0, 0.05) is 18.7 Å². The van der Waals surface area contributed by atoms with Gasteiger partial charge >= 0.3 is 0 Å². The quantitative estimate of drug-likeness (QED) is 0.640. The average Bonchev–Trinajstić information content (AvgIpc) is 2.88. The molecule has 3 aromatic rings. The van der Waals surface area contributed by atoms with Crippen LogP contribution in [0.3, 0.4) is 0 Å². The van der Waals surface area contributed by atoms with E-state index >= 15 is 0 Å². The first-order valence-electron chi connectivity index (χ1n) is 11.9. The fraction of sp³-hybridized carbons (Fsp3) is 0.440. The SMILES string of the molecule is C[C@H]1COCCN1c1nc(N2CCOC[C@@H]2C)c2ccc(-c3ccc4c(c3)CNN=C4)nc2n1. The molecule has 9 heteroatoms. The highest BCUT2D eigenvalue weighted by Gasteiger charge is 2.27. The zero-order chi connectivity index (χ0) is 23.1. The zero-order valence-electron chi connectivity index (χ0n) is 19.6. The van der Waals surface area contributed by atoms with Crippen LogP contribution in [0.25, 0.3) is 22.3 Å². The van der Waals surface area contributed by atoms with Gasteiger partial charge in [0.15, 0.2) is 5.65 Å². The van der Waals surface area contributed by atoms with Crippen LogP contribution in [0.2, 0.25) is 0 Å². The Morgan fingerprint density at radius 2 is 1.71 bits per heavy atom. The molecule has 34 heavy (non-hydrogen) atoms. The van der Waals surface area contributed by atoms with Crippen molar-refractivity contribution >= 4 is 29.0 Å². The van der Waals surface area contributed by atoms with Crippen molar-refractivity contribution in [2.75, 3.05) is 49.3 Å². The Hall–Kier alpha value is -3.30. The van der Waals surface area contributed by atoms with E-state index in [-0.39, 0.29) is 12.1 Å². The van der Waals surface area contributed by atoms with Gasteiger partial charge < -0.3 is 24.7 Å². The van der Waals surface area contributed by atoms with Gasteiger partial charge in [-0.1, -0.05) is 12.1 Å². The molecule has 0 saturated carbocycles. The van der Waals surface area contributed by atoms with Crippen molar-refractivity contribution in [1.82, 2.24) is 20.4 Å². The van der Waals surface area contributed by atoms with Gasteiger partial charge in [-0.2, -0.15) is 15.1 Å². The summed E-state index contributed by atoms with van der Waals surface area (Å²) in [7, 11) is 0. The third kappa shape index (κ3) is 3.84. The molecular formula is C25H29N7O2. The summed E-state index contributed by atoms with van der Waals surface area (Å²) in [6.07, 6.45) is 1.86. The highest BCUT2D eigenvalue weighted by molar-refractivity contribution is 5.90. The molecule has 0 radical (unpaired) electrons. The number of aromatic nitrogens is 3. The van der Waals surface area contributed by atoms with Crippen LogP contribution in [-0.4, -0.2) is 72.8 Å². The van der Waals surface area contributed by atoms with Crippen LogP contribution in [0.5, 0.6) is 0 Å². The Morgan fingerprint density at radius 3 is 2.50 bits per heavy atom. The van der Waals surface area contributed by atoms with Gasteiger partial charge in [-0.3, -0.25) is 0 Å². The normalized spacial score (nSPS) is 22.5. The van der Waals surface area contributed by atoms with Crippen LogP contribution in [0.15, 0.2) is 35.4 Å². The number of benzene rings is 1. The molecule has 5 heterocycles. The standard InChI is InChI=1S/C25H29N7O2/c1-16-14-33-9-7-31(16)24-21-5-6-22(18-3-4-19-12-26-27-13-20(19)11-18)28-23(21)29-25(30-24)32-8-10-34-15-17(32)2/h3-6,11-12,16-17,27H,7-10,13-15H2,1-2H3/t16-,17-/m0/s1. The summed E-state index contributed by atoms with van der Waals surface area (Å²) in [5.41, 5.74) is 8.07. The van der Waals surface area contributed by atoms with Crippen molar-refractivity contribution in [3.63, 3.8) is 0 Å². The lowest BCUT2D eigenvalue weighted by Crippen LogP contribution is -2.46. The van der Waals surface area contributed by atoms with Crippen molar-refractivity contribution in [3.8, 4) is 11.3 Å². The number of hydrogen-bond donors (Lipinski definition) is 1. The number of anilines is 2. The van der Waals surface area contributed by atoms with Gasteiger partial charge in [0.05, 0.1) is 62.4 Å². The Balaban J connectivity index is 1.47. The maximum atomic E-state index is 5.69. The van der Waals surface area contributed by atoms with E-state index in [1.165, 1.54) is 5.56 Å². The van der Waals surface area contributed by atoms with E-state index in [0.717, 1.165) is 41.1 Å². The third-order valence-corrected chi connectivity index (χ3v) is 6.80. The monoisotopic (exact) mass is 459 g/mol. The first kappa shape index (κ1) is 21.2. The van der Waals surface area contributed by atoms with Crippen LogP contribution >= 0.6 is 0 Å². The molecule has 1 aromatic carbocycles. The second-order valence-corrected chi connectivity index (χ2v) is 9.16. The van der Waals surface area contributed by atoms with E-state index in [0.29, 0.717) is 44.6 Å². The van der Waals surface area contributed by atoms with Gasteiger partial charge in [-0.15, -0.1) is 0 Å². The highest BCUT2D eigenvalue weighted by Crippen LogP contribution is 2.31. The number of rotatable bonds is 3. The summed E-state index contributed by atoms with van der Waals surface area (Å²) in [6, 6.07) is 11.0. The van der Waals surface area contributed by atoms with Crippen LogP contribution in [-0.2, 0) is 16.0 Å². The fourth-order valence-electron chi connectivity index (χ4n) is 4.85. The Labute approximate surface area is 198 Å². The molecule has 3 aliphatic rings. The summed E-state index contributed by atoms with van der Waals surface area (Å²) in [6.45, 7) is 9.34. The Bertz CT molecular complexity index is 1250. The van der Waals surface area contributed by atoms with Crippen LogP contribution < -0.4 is 15.2 Å². The molecule has 0 aliphatic carbocycles. The molecule has 2 saturated heterocycles. The molecule has 3 aliphatic heterocycles. The molecule has 0 bridgehead atoms. The first-order chi connectivity index (χ1) is 16.7. The number of pyridine rings is 1. The van der Waals surface area contributed by atoms with E-state index in [1.54, 1.807) is 0 Å². The number of fused-ring (bicyclic) bond motifs is 2. The molecule has 176 valence electrons. The molecule has 0 amide bonds. The van der Waals surface area contributed by atoms with Crippen LogP contribution in [0.1, 0.15) is 25.0 Å². The number of hydrogen-bond acceptors (Lipinski definition) is 9. The molecule has 9 nitrogen and oxygen atoms in total. The van der Waals surface area contributed by atoms with Gasteiger partial charge in [-0.05, 0) is 43.2 Å². The summed E-state index contributed by atoms with van der Waals surface area (Å²) >= 11 is 0. The van der Waals surface area contributed by atoms with Crippen LogP contribution in [0.4, 0.5) is 11.8 Å². The molecule has 2 aromatic heterocycles. The molecule has 2 fully saturated rings. The largest absolute Gasteiger partial charge is 0.377 e. The van der Waals surface area contributed by atoms with Crippen molar-refractivity contribution < 1.29 is 9.47 Å². The number of morpholine rings is 2. The van der Waals surface area contributed by atoms with Gasteiger partial charge in [0.25, 0.3) is 0 Å². The number of hydrazone groups is 1. The number of nitrogens with one attached hydrogen (secondary N) is 1. The van der Waals surface area contributed by atoms with Gasteiger partial charge in [-0.25, -0.2) is 4.98 Å². The molecule has 0 spiro atoms. The van der Waals surface area contributed by atoms with Crippen molar-refractivity contribution in [2.24, 2.45) is 5.10 Å². The second kappa shape index (κ2) is 8.81. The van der Waals surface area contributed by atoms with E-state index in [2.05, 4.69) is 64.5 Å². The molecule has 0 unspecified atom stereocenters. The second-order valence-electron chi connectivity index (χ2n) is 9.16. The first-order valence-corrected chi connectivity index (χ1v) is 11.9. The number of ether oxygens (including phenoxy) is 2. The topological polar surface area (TPSA) is 88.0 Å². The van der Waals surface area contributed by atoms with Gasteiger partial charge in [0.1, 0.15) is 5.82 Å². The Morgan fingerprint density at radius 1 is 0.912 bits per heavy atom. The molecule has 6 rings (SSSR count). The molecular weight excluding hydrogens is 430 g/mol. The summed E-state index contributed by atoms with van der Waals surface area (Å²) in [5.74, 6) is 1.65. The van der Waals surface area contributed by atoms with Crippen molar-refractivity contribution in [2.45, 2.75) is 32.5 Å². The lowest BCUT2D eigenvalue weighted by atomic mass is 10.0. The Kier molecular flexibility index (Phi) is 5.50. The number of nitrogens with zero attached hydrogens (tertiary/aromatic N) is 6. The van der Waals surface area contributed by atoms with Crippen LogP contribution in [0, 0.1) is 0 Å². The maximum absolute atomic E-state index is 5.69. The van der Waals surface area contributed by atoms with E-state index in [4.69, 9.17) is 24.4 Å². The van der Waals surface area contributed by atoms with Gasteiger partial charge in [0.2, 0.25) is 5.95 Å². The predicted molar refractivity (Wildman–Crippen MR) is 132 cm³/mol. The minimum Gasteiger partial charge on any atom is -0.377 e. The predicted octanol–water partition coefficient (Wildman–Crippen LogP) is 2.58. The van der Waals surface area contributed by atoms with Crippen molar-refractivity contribution in [1.29, 1.82) is 0 Å². The summed E-state index contributed by atoms with van der Waals surface area (Å²) in [4.78, 5) is 19.6. The van der Waals surface area contributed by atoms with E-state index in [9.17, 15) is 0 Å². The molecule has 1 N–H and O–H groups in total.